The molecular formula is C15H20BrClN2. The van der Waals surface area contributed by atoms with Crippen molar-refractivity contribution < 1.29 is 0 Å². The van der Waals surface area contributed by atoms with E-state index >= 15 is 0 Å². The van der Waals surface area contributed by atoms with Crippen molar-refractivity contribution in [2.45, 2.75) is 50.2 Å². The molecule has 1 aromatic carbocycles. The molecule has 2 unspecified atom stereocenters. The standard InChI is InChI=1S/C15H20BrClN2/c1-18-10-7-11-3-2-4-12(8-10)19(11)13-5-6-14(16)15(17)9-13/h5-6,9-12,18H,2-4,7-8H2,1H3. The SMILES string of the molecule is CNC1CC2CCCC(C1)N2c1ccc(Br)c(Cl)c1. The molecule has 2 aliphatic heterocycles. The maximum Gasteiger partial charge on any atom is 0.0568 e. The van der Waals surface area contributed by atoms with E-state index in [1.165, 1.54) is 37.8 Å². The van der Waals surface area contributed by atoms with Crippen LogP contribution < -0.4 is 10.2 Å². The van der Waals surface area contributed by atoms with E-state index in [9.17, 15) is 0 Å². The molecule has 2 atom stereocenters. The van der Waals surface area contributed by atoms with E-state index in [2.05, 4.69) is 51.4 Å². The van der Waals surface area contributed by atoms with Crippen LogP contribution in [-0.2, 0) is 0 Å². The van der Waals surface area contributed by atoms with E-state index in [4.69, 9.17) is 11.6 Å². The van der Waals surface area contributed by atoms with Gasteiger partial charge in [-0.05, 0) is 73.3 Å². The molecule has 0 spiro atoms. The summed E-state index contributed by atoms with van der Waals surface area (Å²) in [5.41, 5.74) is 1.29. The van der Waals surface area contributed by atoms with E-state index in [-0.39, 0.29) is 0 Å². The van der Waals surface area contributed by atoms with Crippen LogP contribution in [0.1, 0.15) is 32.1 Å². The summed E-state index contributed by atoms with van der Waals surface area (Å²) in [6.45, 7) is 0. The molecule has 0 aromatic heterocycles. The zero-order valence-electron chi connectivity index (χ0n) is 11.2. The Balaban J connectivity index is 1.89. The van der Waals surface area contributed by atoms with E-state index in [1.54, 1.807) is 0 Å². The van der Waals surface area contributed by atoms with Crippen molar-refractivity contribution >= 4 is 33.2 Å². The third-order valence-electron chi connectivity index (χ3n) is 4.58. The summed E-state index contributed by atoms with van der Waals surface area (Å²) >= 11 is 9.73. The van der Waals surface area contributed by atoms with Crippen molar-refractivity contribution in [2.75, 3.05) is 11.9 Å². The van der Waals surface area contributed by atoms with Crippen molar-refractivity contribution in [3.8, 4) is 0 Å². The van der Waals surface area contributed by atoms with Crippen LogP contribution in [-0.4, -0.2) is 25.2 Å². The van der Waals surface area contributed by atoms with Crippen LogP contribution in [0, 0.1) is 0 Å². The lowest BCUT2D eigenvalue weighted by Crippen LogP contribution is -2.56. The van der Waals surface area contributed by atoms with Crippen LogP contribution in [0.4, 0.5) is 5.69 Å². The van der Waals surface area contributed by atoms with Gasteiger partial charge in [-0.2, -0.15) is 0 Å². The Kier molecular flexibility index (Phi) is 4.06. The predicted octanol–water partition coefficient (Wildman–Crippen LogP) is 4.21. The van der Waals surface area contributed by atoms with Gasteiger partial charge in [-0.1, -0.05) is 11.6 Å². The van der Waals surface area contributed by atoms with Gasteiger partial charge < -0.3 is 10.2 Å². The first kappa shape index (κ1) is 13.7. The molecule has 104 valence electrons. The average molecular weight is 344 g/mol. The smallest absolute Gasteiger partial charge is 0.0568 e. The fourth-order valence-corrected chi connectivity index (χ4v) is 4.11. The van der Waals surface area contributed by atoms with Gasteiger partial charge in [0.25, 0.3) is 0 Å². The minimum absolute atomic E-state index is 0.669. The molecule has 1 aromatic rings. The Morgan fingerprint density at radius 1 is 1.26 bits per heavy atom. The second-order valence-electron chi connectivity index (χ2n) is 5.70. The van der Waals surface area contributed by atoms with Gasteiger partial charge in [0.05, 0.1) is 5.02 Å². The quantitative estimate of drug-likeness (QED) is 0.865. The third-order valence-corrected chi connectivity index (χ3v) is 5.82. The fraction of sp³-hybridized carbons (Fsp3) is 0.600. The molecule has 0 amide bonds. The molecule has 0 radical (unpaired) electrons. The van der Waals surface area contributed by atoms with Crippen molar-refractivity contribution in [3.63, 3.8) is 0 Å². The van der Waals surface area contributed by atoms with Gasteiger partial charge in [0, 0.05) is 28.3 Å². The second-order valence-corrected chi connectivity index (χ2v) is 6.96. The number of nitrogens with zero attached hydrogens (tertiary/aromatic N) is 1. The van der Waals surface area contributed by atoms with E-state index in [0.29, 0.717) is 18.1 Å². The van der Waals surface area contributed by atoms with Crippen molar-refractivity contribution in [1.29, 1.82) is 0 Å². The molecule has 2 nitrogen and oxygen atoms in total. The van der Waals surface area contributed by atoms with Crippen LogP contribution >= 0.6 is 27.5 Å². The lowest BCUT2D eigenvalue weighted by Gasteiger charge is -2.50. The molecule has 2 bridgehead atoms. The zero-order chi connectivity index (χ0) is 13.4. The topological polar surface area (TPSA) is 15.3 Å². The number of benzene rings is 1. The number of hydrogen-bond acceptors (Lipinski definition) is 2. The average Bonchev–Trinajstić information content (AvgIpc) is 2.40. The van der Waals surface area contributed by atoms with Crippen LogP contribution in [0.15, 0.2) is 22.7 Å². The number of anilines is 1. The third kappa shape index (κ3) is 2.65. The normalized spacial score (nSPS) is 30.5. The molecule has 0 saturated carbocycles. The summed E-state index contributed by atoms with van der Waals surface area (Å²) < 4.78 is 0.980. The zero-order valence-corrected chi connectivity index (χ0v) is 13.5. The minimum Gasteiger partial charge on any atom is -0.365 e. The number of fused-ring (bicyclic) bond motifs is 2. The van der Waals surface area contributed by atoms with Crippen LogP contribution in [0.25, 0.3) is 0 Å². The summed E-state index contributed by atoms with van der Waals surface area (Å²) in [5.74, 6) is 0. The van der Waals surface area contributed by atoms with Crippen molar-refractivity contribution in [3.05, 3.63) is 27.7 Å². The van der Waals surface area contributed by atoms with Crippen LogP contribution in [0.5, 0.6) is 0 Å². The Hall–Kier alpha value is -0.250. The summed E-state index contributed by atoms with van der Waals surface area (Å²) in [6, 6.07) is 8.39. The summed E-state index contributed by atoms with van der Waals surface area (Å²) in [4.78, 5) is 2.62. The van der Waals surface area contributed by atoms with E-state index in [1.807, 2.05) is 0 Å². The van der Waals surface area contributed by atoms with Gasteiger partial charge in [-0.3, -0.25) is 0 Å². The first-order valence-electron chi connectivity index (χ1n) is 7.09. The van der Waals surface area contributed by atoms with E-state index < -0.39 is 0 Å². The molecule has 4 heteroatoms. The highest BCUT2D eigenvalue weighted by Crippen LogP contribution is 2.39. The van der Waals surface area contributed by atoms with E-state index in [0.717, 1.165) is 9.50 Å². The second kappa shape index (κ2) is 5.63. The molecule has 3 rings (SSSR count). The highest BCUT2D eigenvalue weighted by atomic mass is 79.9. The first-order valence-corrected chi connectivity index (χ1v) is 8.27. The van der Waals surface area contributed by atoms with Crippen molar-refractivity contribution in [1.82, 2.24) is 5.32 Å². The van der Waals surface area contributed by atoms with Gasteiger partial charge in [0.1, 0.15) is 0 Å². The highest BCUT2D eigenvalue weighted by Gasteiger charge is 2.37. The maximum absolute atomic E-state index is 6.26. The monoisotopic (exact) mass is 342 g/mol. The molecule has 1 N–H and O–H groups in total. The maximum atomic E-state index is 6.26. The number of piperidine rings is 2. The number of nitrogens with one attached hydrogen (secondary N) is 1. The van der Waals surface area contributed by atoms with Gasteiger partial charge in [-0.25, -0.2) is 0 Å². The minimum atomic E-state index is 0.669. The Bertz CT molecular complexity index is 451. The predicted molar refractivity (Wildman–Crippen MR) is 85.1 cm³/mol. The van der Waals surface area contributed by atoms with Gasteiger partial charge >= 0.3 is 0 Å². The van der Waals surface area contributed by atoms with Gasteiger partial charge in [0.2, 0.25) is 0 Å². The lowest BCUT2D eigenvalue weighted by atomic mass is 9.81. The number of hydrogen-bond donors (Lipinski definition) is 1. The molecule has 2 heterocycles. The first-order chi connectivity index (χ1) is 9.19. The van der Waals surface area contributed by atoms with Crippen LogP contribution in [0.3, 0.4) is 0 Å². The fourth-order valence-electron chi connectivity index (χ4n) is 3.68. The highest BCUT2D eigenvalue weighted by molar-refractivity contribution is 9.10. The molecule has 0 aliphatic carbocycles. The van der Waals surface area contributed by atoms with Gasteiger partial charge in [0.15, 0.2) is 0 Å². The van der Waals surface area contributed by atoms with Gasteiger partial charge in [-0.15, -0.1) is 0 Å². The number of halogens is 2. The van der Waals surface area contributed by atoms with Crippen LogP contribution in [0.2, 0.25) is 5.02 Å². The lowest BCUT2D eigenvalue weighted by molar-refractivity contribution is 0.252. The summed E-state index contributed by atoms with van der Waals surface area (Å²) in [6.07, 6.45) is 6.48. The molecule has 2 saturated heterocycles. The number of rotatable bonds is 2. The molecule has 2 aliphatic rings. The molecule has 2 fully saturated rings. The van der Waals surface area contributed by atoms with Crippen molar-refractivity contribution in [2.24, 2.45) is 0 Å². The largest absolute Gasteiger partial charge is 0.365 e. The Labute approximate surface area is 128 Å². The molecule has 19 heavy (non-hydrogen) atoms. The molecular weight excluding hydrogens is 324 g/mol. The summed E-state index contributed by atoms with van der Waals surface area (Å²) in [7, 11) is 2.09. The summed E-state index contributed by atoms with van der Waals surface area (Å²) in [5, 5.41) is 4.28. The Morgan fingerprint density at radius 3 is 2.53 bits per heavy atom. The Morgan fingerprint density at radius 2 is 1.95 bits per heavy atom.